The Morgan fingerprint density at radius 1 is 1.38 bits per heavy atom. The minimum absolute atomic E-state index is 0.0331. The number of carbonyl (C=O) groups excluding carboxylic acids is 2. The molecule has 0 unspecified atom stereocenters. The lowest BCUT2D eigenvalue weighted by molar-refractivity contribution is -0.132. The Hall–Kier alpha value is -2.26. The van der Waals surface area contributed by atoms with Crippen LogP contribution in [0.15, 0.2) is 29.4 Å². The van der Waals surface area contributed by atoms with Crippen molar-refractivity contribution in [3.63, 3.8) is 0 Å². The van der Waals surface area contributed by atoms with Gasteiger partial charge in [-0.3, -0.25) is 9.59 Å². The number of likely N-dealkylation sites (N-methyl/N-ethyl adjacent to an activating group) is 1. The van der Waals surface area contributed by atoms with Gasteiger partial charge in [-0.1, -0.05) is 23.4 Å². The lowest BCUT2D eigenvalue weighted by Gasteiger charge is -2.20. The summed E-state index contributed by atoms with van der Waals surface area (Å²) in [7, 11) is 0. The molecule has 0 saturated carbocycles. The summed E-state index contributed by atoms with van der Waals surface area (Å²) >= 11 is 6.95. The predicted molar refractivity (Wildman–Crippen MR) is 93.9 cm³/mol. The van der Waals surface area contributed by atoms with E-state index in [4.69, 9.17) is 17.3 Å². The van der Waals surface area contributed by atoms with Gasteiger partial charge in [0, 0.05) is 17.3 Å². The minimum Gasteiger partial charge on any atom is -0.368 e. The van der Waals surface area contributed by atoms with Crippen LogP contribution in [0.2, 0.25) is 5.02 Å². The van der Waals surface area contributed by atoms with Crippen LogP contribution in [0.25, 0.3) is 0 Å². The summed E-state index contributed by atoms with van der Waals surface area (Å²) in [5.41, 5.74) is 6.04. The van der Waals surface area contributed by atoms with Crippen molar-refractivity contribution in [2.75, 3.05) is 29.9 Å². The summed E-state index contributed by atoms with van der Waals surface area (Å²) in [4.78, 5) is 29.6. The van der Waals surface area contributed by atoms with E-state index in [0.29, 0.717) is 22.4 Å². The molecule has 2 amide bonds. The van der Waals surface area contributed by atoms with Gasteiger partial charge in [0.25, 0.3) is 0 Å². The number of aromatic nitrogens is 3. The SMILES string of the molecule is CCN(CC(=O)Nc1ccc(Cl)cc1)C(=O)CSc1n[nH]c(N)n1. The number of nitrogen functional groups attached to an aromatic ring is 1. The van der Waals surface area contributed by atoms with E-state index >= 15 is 0 Å². The molecule has 24 heavy (non-hydrogen) atoms. The quantitative estimate of drug-likeness (QED) is 0.639. The summed E-state index contributed by atoms with van der Waals surface area (Å²) in [6.07, 6.45) is 0. The topological polar surface area (TPSA) is 117 Å². The molecule has 0 aliphatic heterocycles. The third kappa shape index (κ3) is 5.43. The number of anilines is 2. The van der Waals surface area contributed by atoms with Crippen LogP contribution in [0, 0.1) is 0 Å². The number of hydrogen-bond acceptors (Lipinski definition) is 6. The van der Waals surface area contributed by atoms with Crippen molar-refractivity contribution < 1.29 is 9.59 Å². The normalized spacial score (nSPS) is 10.4. The molecule has 0 atom stereocenters. The highest BCUT2D eigenvalue weighted by atomic mass is 35.5. The van der Waals surface area contributed by atoms with E-state index in [1.54, 1.807) is 24.3 Å². The van der Waals surface area contributed by atoms with Crippen LogP contribution in [-0.4, -0.2) is 50.7 Å². The highest BCUT2D eigenvalue weighted by molar-refractivity contribution is 7.99. The average Bonchev–Trinajstić information content (AvgIpc) is 2.98. The van der Waals surface area contributed by atoms with E-state index in [-0.39, 0.29) is 30.1 Å². The van der Waals surface area contributed by atoms with Crippen LogP contribution < -0.4 is 11.1 Å². The first-order valence-electron chi connectivity index (χ1n) is 7.11. The third-order valence-corrected chi connectivity index (χ3v) is 4.09. The van der Waals surface area contributed by atoms with Crippen LogP contribution >= 0.6 is 23.4 Å². The fraction of sp³-hybridized carbons (Fsp3) is 0.286. The number of halogens is 1. The molecule has 0 saturated heterocycles. The number of nitrogens with zero attached hydrogens (tertiary/aromatic N) is 3. The van der Waals surface area contributed by atoms with Gasteiger partial charge in [-0.25, -0.2) is 5.10 Å². The van der Waals surface area contributed by atoms with Crippen LogP contribution in [0.5, 0.6) is 0 Å². The van der Waals surface area contributed by atoms with Crippen molar-refractivity contribution >= 4 is 46.8 Å². The van der Waals surface area contributed by atoms with Gasteiger partial charge in [0.2, 0.25) is 22.9 Å². The Bertz CT molecular complexity index is 706. The second kappa shape index (κ2) is 8.55. The Morgan fingerprint density at radius 3 is 2.67 bits per heavy atom. The molecule has 0 aliphatic carbocycles. The van der Waals surface area contributed by atoms with Crippen molar-refractivity contribution in [1.29, 1.82) is 0 Å². The number of hydrogen-bond donors (Lipinski definition) is 3. The van der Waals surface area contributed by atoms with E-state index in [2.05, 4.69) is 20.5 Å². The molecule has 0 radical (unpaired) electrons. The van der Waals surface area contributed by atoms with Crippen LogP contribution in [0.4, 0.5) is 11.6 Å². The van der Waals surface area contributed by atoms with Gasteiger partial charge in [-0.05, 0) is 31.2 Å². The number of aromatic amines is 1. The van der Waals surface area contributed by atoms with E-state index in [0.717, 1.165) is 11.8 Å². The highest BCUT2D eigenvalue weighted by Gasteiger charge is 2.17. The summed E-state index contributed by atoms with van der Waals surface area (Å²) in [5, 5.41) is 10.0. The Balaban J connectivity index is 1.84. The number of rotatable bonds is 7. The number of thioether (sulfide) groups is 1. The lowest BCUT2D eigenvalue weighted by atomic mass is 10.3. The van der Waals surface area contributed by atoms with Gasteiger partial charge in [0.15, 0.2) is 0 Å². The summed E-state index contributed by atoms with van der Waals surface area (Å²) in [5.74, 6) is -0.143. The third-order valence-electron chi connectivity index (χ3n) is 3.00. The van der Waals surface area contributed by atoms with Crippen molar-refractivity contribution in [2.24, 2.45) is 0 Å². The fourth-order valence-corrected chi connectivity index (χ4v) is 2.66. The molecule has 2 aromatic rings. The zero-order valence-electron chi connectivity index (χ0n) is 13.0. The van der Waals surface area contributed by atoms with Crippen LogP contribution in [0.1, 0.15) is 6.92 Å². The van der Waals surface area contributed by atoms with Gasteiger partial charge in [-0.15, -0.1) is 5.10 Å². The first-order valence-corrected chi connectivity index (χ1v) is 8.48. The molecule has 0 bridgehead atoms. The Labute approximate surface area is 148 Å². The van der Waals surface area contributed by atoms with Gasteiger partial charge in [0.1, 0.15) is 0 Å². The summed E-state index contributed by atoms with van der Waals surface area (Å²) < 4.78 is 0. The summed E-state index contributed by atoms with van der Waals surface area (Å²) in [6, 6.07) is 6.75. The number of nitrogens with one attached hydrogen (secondary N) is 2. The molecular formula is C14H17ClN6O2S. The maximum absolute atomic E-state index is 12.2. The second-order valence-corrected chi connectivity index (χ2v) is 6.13. The maximum atomic E-state index is 12.2. The first-order chi connectivity index (χ1) is 11.5. The molecule has 4 N–H and O–H groups in total. The molecule has 2 rings (SSSR count). The maximum Gasteiger partial charge on any atom is 0.243 e. The molecule has 0 fully saturated rings. The first kappa shape index (κ1) is 18.1. The van der Waals surface area contributed by atoms with Crippen molar-refractivity contribution in [2.45, 2.75) is 12.1 Å². The smallest absolute Gasteiger partial charge is 0.243 e. The molecule has 0 spiro atoms. The highest BCUT2D eigenvalue weighted by Crippen LogP contribution is 2.15. The molecular weight excluding hydrogens is 352 g/mol. The fourth-order valence-electron chi connectivity index (χ4n) is 1.82. The molecule has 0 aliphatic rings. The van der Waals surface area contributed by atoms with Crippen molar-refractivity contribution in [3.8, 4) is 0 Å². The lowest BCUT2D eigenvalue weighted by Crippen LogP contribution is -2.38. The Morgan fingerprint density at radius 2 is 2.08 bits per heavy atom. The van der Waals surface area contributed by atoms with E-state index in [1.165, 1.54) is 4.90 Å². The van der Waals surface area contributed by atoms with Crippen molar-refractivity contribution in [1.82, 2.24) is 20.1 Å². The van der Waals surface area contributed by atoms with Gasteiger partial charge >= 0.3 is 0 Å². The number of nitrogens with two attached hydrogens (primary N) is 1. The zero-order valence-corrected chi connectivity index (χ0v) is 14.5. The largest absolute Gasteiger partial charge is 0.368 e. The second-order valence-electron chi connectivity index (χ2n) is 4.75. The average molecular weight is 369 g/mol. The number of amides is 2. The van der Waals surface area contributed by atoms with Crippen LogP contribution in [-0.2, 0) is 9.59 Å². The number of carbonyl (C=O) groups is 2. The van der Waals surface area contributed by atoms with Gasteiger partial charge in [0.05, 0.1) is 12.3 Å². The predicted octanol–water partition coefficient (Wildman–Crippen LogP) is 1.62. The molecule has 1 aromatic carbocycles. The molecule has 10 heteroatoms. The van der Waals surface area contributed by atoms with Gasteiger partial charge in [-0.2, -0.15) is 4.98 Å². The molecule has 128 valence electrons. The molecule has 1 aromatic heterocycles. The number of H-pyrrole nitrogens is 1. The monoisotopic (exact) mass is 368 g/mol. The van der Waals surface area contributed by atoms with Crippen LogP contribution in [0.3, 0.4) is 0 Å². The molecule has 8 nitrogen and oxygen atoms in total. The van der Waals surface area contributed by atoms with E-state index < -0.39 is 0 Å². The van der Waals surface area contributed by atoms with E-state index in [1.807, 2.05) is 6.92 Å². The molecule has 1 heterocycles. The Kier molecular flexibility index (Phi) is 6.44. The number of benzene rings is 1. The zero-order chi connectivity index (χ0) is 17.5. The van der Waals surface area contributed by atoms with Gasteiger partial charge < -0.3 is 16.0 Å². The summed E-state index contributed by atoms with van der Waals surface area (Å²) in [6.45, 7) is 2.20. The standard InChI is InChI=1S/C14H17ClN6O2S/c1-2-21(12(23)8-24-14-18-13(16)19-20-14)7-11(22)17-10-5-3-9(15)4-6-10/h3-6H,2,7-8H2,1H3,(H,17,22)(H3,16,18,19,20). The van der Waals surface area contributed by atoms with E-state index in [9.17, 15) is 9.59 Å². The van der Waals surface area contributed by atoms with Crippen molar-refractivity contribution in [3.05, 3.63) is 29.3 Å². The minimum atomic E-state index is -0.278.